The first-order valence-electron chi connectivity index (χ1n) is 8.75. The summed E-state index contributed by atoms with van der Waals surface area (Å²) in [5.74, 6) is -0.813. The van der Waals surface area contributed by atoms with Gasteiger partial charge in [-0.1, -0.05) is 6.08 Å². The Hall–Kier alpha value is -2.83. The second kappa shape index (κ2) is 9.60. The number of carbonyl (C=O) groups excluding carboxylic acids is 3. The molecule has 1 N–H and O–H groups in total. The molecule has 0 heterocycles. The second-order valence-electron chi connectivity index (χ2n) is 5.72. The van der Waals surface area contributed by atoms with E-state index in [0.29, 0.717) is 17.8 Å². The molecule has 1 aromatic carbocycles. The molecule has 1 aliphatic rings. The lowest BCUT2D eigenvalue weighted by atomic mass is 10.2. The van der Waals surface area contributed by atoms with E-state index in [4.69, 9.17) is 9.47 Å². The molecule has 0 saturated carbocycles. The predicted molar refractivity (Wildman–Crippen MR) is 96.7 cm³/mol. The van der Waals surface area contributed by atoms with Crippen LogP contribution in [-0.4, -0.2) is 42.6 Å². The monoisotopic (exact) mass is 360 g/mol. The standard InChI is InChI=1S/C19H24N2O5/c1-3-21(16-7-5-6-8-16)17(22)13-26-18(23)14-9-11-15(12-10-14)20-19(24)25-4-2/h7,9-12H,3-6,8,13H2,1-2H3,(H,20,24). The third-order valence-electron chi connectivity index (χ3n) is 3.95. The van der Waals surface area contributed by atoms with Gasteiger partial charge in [-0.3, -0.25) is 10.1 Å². The van der Waals surface area contributed by atoms with Crippen LogP contribution in [0.2, 0.25) is 0 Å². The highest BCUT2D eigenvalue weighted by Crippen LogP contribution is 2.21. The number of nitrogens with one attached hydrogen (secondary N) is 1. The zero-order valence-electron chi connectivity index (χ0n) is 15.1. The maximum atomic E-state index is 12.3. The molecule has 0 saturated heterocycles. The van der Waals surface area contributed by atoms with Crippen molar-refractivity contribution < 1.29 is 23.9 Å². The lowest BCUT2D eigenvalue weighted by Crippen LogP contribution is -2.33. The molecule has 2 amide bonds. The Kier molecular flexibility index (Phi) is 7.20. The summed E-state index contributed by atoms with van der Waals surface area (Å²) in [4.78, 5) is 37.4. The van der Waals surface area contributed by atoms with Gasteiger partial charge in [0.1, 0.15) is 0 Å². The second-order valence-corrected chi connectivity index (χ2v) is 5.72. The summed E-state index contributed by atoms with van der Waals surface area (Å²) in [5, 5.41) is 2.53. The van der Waals surface area contributed by atoms with E-state index in [1.54, 1.807) is 24.0 Å². The maximum Gasteiger partial charge on any atom is 0.411 e. The number of carbonyl (C=O) groups is 3. The van der Waals surface area contributed by atoms with Gasteiger partial charge < -0.3 is 14.4 Å². The smallest absolute Gasteiger partial charge is 0.411 e. The number of rotatable bonds is 7. The Morgan fingerprint density at radius 3 is 2.42 bits per heavy atom. The molecule has 0 atom stereocenters. The van der Waals surface area contributed by atoms with Gasteiger partial charge in [-0.2, -0.15) is 0 Å². The van der Waals surface area contributed by atoms with E-state index in [0.717, 1.165) is 25.0 Å². The van der Waals surface area contributed by atoms with Crippen LogP contribution in [0.3, 0.4) is 0 Å². The van der Waals surface area contributed by atoms with Gasteiger partial charge >= 0.3 is 12.1 Å². The van der Waals surface area contributed by atoms with Crippen molar-refractivity contribution in [2.75, 3.05) is 25.1 Å². The fourth-order valence-corrected chi connectivity index (χ4v) is 2.70. The van der Waals surface area contributed by atoms with E-state index >= 15 is 0 Å². The summed E-state index contributed by atoms with van der Waals surface area (Å²) in [6, 6.07) is 6.17. The molecule has 140 valence electrons. The molecule has 0 spiro atoms. The number of ether oxygens (including phenoxy) is 2. The van der Waals surface area contributed by atoms with Crippen LogP contribution in [0.25, 0.3) is 0 Å². The average molecular weight is 360 g/mol. The third-order valence-corrected chi connectivity index (χ3v) is 3.95. The van der Waals surface area contributed by atoms with Crippen LogP contribution in [0, 0.1) is 0 Å². The Morgan fingerprint density at radius 1 is 1.12 bits per heavy atom. The lowest BCUT2D eigenvalue weighted by Gasteiger charge is -2.22. The van der Waals surface area contributed by atoms with Gasteiger partial charge in [0.15, 0.2) is 6.61 Å². The summed E-state index contributed by atoms with van der Waals surface area (Å²) >= 11 is 0. The normalized spacial score (nSPS) is 12.9. The summed E-state index contributed by atoms with van der Waals surface area (Å²) in [6.07, 6.45) is 4.39. The molecule has 1 aromatic rings. The summed E-state index contributed by atoms with van der Waals surface area (Å²) < 4.78 is 9.90. The van der Waals surface area contributed by atoms with Crippen LogP contribution in [0.15, 0.2) is 36.0 Å². The molecule has 7 heteroatoms. The average Bonchev–Trinajstić information content (AvgIpc) is 3.15. The van der Waals surface area contributed by atoms with Gasteiger partial charge in [0.25, 0.3) is 5.91 Å². The molecule has 0 unspecified atom stereocenters. The van der Waals surface area contributed by atoms with Crippen molar-refractivity contribution in [3.63, 3.8) is 0 Å². The molecule has 0 aliphatic heterocycles. The first-order chi connectivity index (χ1) is 12.5. The third kappa shape index (κ3) is 5.34. The van der Waals surface area contributed by atoms with Crippen molar-refractivity contribution >= 4 is 23.7 Å². The van der Waals surface area contributed by atoms with Crippen LogP contribution >= 0.6 is 0 Å². The fourth-order valence-electron chi connectivity index (χ4n) is 2.70. The first kappa shape index (κ1) is 19.5. The van der Waals surface area contributed by atoms with Gasteiger partial charge in [-0.25, -0.2) is 9.59 Å². The predicted octanol–water partition coefficient (Wildman–Crippen LogP) is 3.33. The first-order valence-corrected chi connectivity index (χ1v) is 8.75. The molecular formula is C19H24N2O5. The minimum Gasteiger partial charge on any atom is -0.452 e. The van der Waals surface area contributed by atoms with Gasteiger partial charge in [0, 0.05) is 17.9 Å². The number of amides is 2. The summed E-state index contributed by atoms with van der Waals surface area (Å²) in [5.41, 5.74) is 1.81. The van der Waals surface area contributed by atoms with Crippen molar-refractivity contribution in [2.24, 2.45) is 0 Å². The van der Waals surface area contributed by atoms with Crippen LogP contribution in [0.1, 0.15) is 43.5 Å². The number of anilines is 1. The number of hydrogen-bond donors (Lipinski definition) is 1. The summed E-state index contributed by atoms with van der Waals surface area (Å²) in [6.45, 7) is 4.14. The Balaban J connectivity index is 1.87. The van der Waals surface area contributed by atoms with Crippen molar-refractivity contribution in [2.45, 2.75) is 33.1 Å². The molecule has 0 aromatic heterocycles. The zero-order chi connectivity index (χ0) is 18.9. The van der Waals surface area contributed by atoms with E-state index in [2.05, 4.69) is 11.4 Å². The van der Waals surface area contributed by atoms with Gasteiger partial charge in [0.05, 0.1) is 12.2 Å². The molecule has 1 aliphatic carbocycles. The van der Waals surface area contributed by atoms with Crippen LogP contribution < -0.4 is 5.32 Å². The van der Waals surface area contributed by atoms with Crippen molar-refractivity contribution in [3.8, 4) is 0 Å². The summed E-state index contributed by atoms with van der Waals surface area (Å²) in [7, 11) is 0. The molecule has 0 fully saturated rings. The molecule has 0 bridgehead atoms. The quantitative estimate of drug-likeness (QED) is 0.754. The highest BCUT2D eigenvalue weighted by atomic mass is 16.5. The topological polar surface area (TPSA) is 84.9 Å². The molecule has 26 heavy (non-hydrogen) atoms. The number of likely N-dealkylation sites (N-methyl/N-ethyl adjacent to an activating group) is 1. The lowest BCUT2D eigenvalue weighted by molar-refractivity contribution is -0.132. The number of nitrogens with zero attached hydrogens (tertiary/aromatic N) is 1. The van der Waals surface area contributed by atoms with Crippen LogP contribution in [-0.2, 0) is 14.3 Å². The Morgan fingerprint density at radius 2 is 1.85 bits per heavy atom. The van der Waals surface area contributed by atoms with Gasteiger partial charge in [-0.05, 0) is 57.4 Å². The number of benzene rings is 1. The molecule has 2 rings (SSSR count). The molecule has 7 nitrogen and oxygen atoms in total. The van der Waals surface area contributed by atoms with Gasteiger partial charge in [0.2, 0.25) is 0 Å². The van der Waals surface area contributed by atoms with Crippen LogP contribution in [0.4, 0.5) is 10.5 Å². The minimum atomic E-state index is -0.586. The fraction of sp³-hybridized carbons (Fsp3) is 0.421. The highest BCUT2D eigenvalue weighted by Gasteiger charge is 2.20. The van der Waals surface area contributed by atoms with E-state index in [9.17, 15) is 14.4 Å². The van der Waals surface area contributed by atoms with E-state index in [1.807, 2.05) is 6.92 Å². The highest BCUT2D eigenvalue weighted by molar-refractivity contribution is 5.92. The maximum absolute atomic E-state index is 12.3. The van der Waals surface area contributed by atoms with Crippen molar-refractivity contribution in [3.05, 3.63) is 41.6 Å². The molecular weight excluding hydrogens is 336 g/mol. The Bertz CT molecular complexity index is 682. The minimum absolute atomic E-state index is 0.227. The van der Waals surface area contributed by atoms with E-state index < -0.39 is 12.1 Å². The van der Waals surface area contributed by atoms with Crippen molar-refractivity contribution in [1.29, 1.82) is 0 Å². The van der Waals surface area contributed by atoms with Crippen LogP contribution in [0.5, 0.6) is 0 Å². The van der Waals surface area contributed by atoms with Crippen molar-refractivity contribution in [1.82, 2.24) is 4.90 Å². The Labute approximate surface area is 153 Å². The van der Waals surface area contributed by atoms with E-state index in [-0.39, 0.29) is 19.1 Å². The number of allylic oxidation sites excluding steroid dienone is 2. The number of esters is 1. The molecule has 0 radical (unpaired) electrons. The zero-order valence-corrected chi connectivity index (χ0v) is 15.1. The largest absolute Gasteiger partial charge is 0.452 e. The number of hydrogen-bond acceptors (Lipinski definition) is 5. The van der Waals surface area contributed by atoms with E-state index in [1.165, 1.54) is 12.1 Å². The SMILES string of the molecule is CCOC(=O)Nc1ccc(C(=O)OCC(=O)N(CC)C2=CCCC2)cc1. The van der Waals surface area contributed by atoms with Gasteiger partial charge in [-0.15, -0.1) is 0 Å².